The second-order valence-corrected chi connectivity index (χ2v) is 13.7. The molecule has 7 nitrogen and oxygen atoms in total. The van der Waals surface area contributed by atoms with E-state index in [4.69, 9.17) is 28.8 Å². The van der Waals surface area contributed by atoms with Crippen molar-refractivity contribution in [1.29, 1.82) is 0 Å². The van der Waals surface area contributed by atoms with Gasteiger partial charge in [0.1, 0.15) is 16.7 Å². The fraction of sp³-hybridized carbons (Fsp3) is 0. The van der Waals surface area contributed by atoms with Gasteiger partial charge in [0.15, 0.2) is 23.1 Å². The van der Waals surface area contributed by atoms with Crippen molar-refractivity contribution >= 4 is 43.8 Å². The van der Waals surface area contributed by atoms with Crippen LogP contribution < -0.4 is 0 Å². The van der Waals surface area contributed by atoms with Crippen molar-refractivity contribution in [3.63, 3.8) is 0 Å². The first kappa shape index (κ1) is 31.7. The molecule has 11 aromatic rings. The number of furan rings is 1. The van der Waals surface area contributed by atoms with E-state index in [1.807, 2.05) is 78.9 Å². The van der Waals surface area contributed by atoms with Gasteiger partial charge in [0, 0.05) is 45.9 Å². The van der Waals surface area contributed by atoms with Crippen LogP contribution in [0, 0.1) is 0 Å². The van der Waals surface area contributed by atoms with Gasteiger partial charge in [-0.05, 0) is 63.4 Å². The van der Waals surface area contributed by atoms with Gasteiger partial charge in [0.05, 0.1) is 5.56 Å². The summed E-state index contributed by atoms with van der Waals surface area (Å²) in [7, 11) is 0. The summed E-state index contributed by atoms with van der Waals surface area (Å²) in [5, 5.41) is 4.35. The zero-order chi connectivity index (χ0) is 37.0. The maximum Gasteiger partial charge on any atom is 0.228 e. The molecule has 262 valence electrons. The number of pyridine rings is 1. The van der Waals surface area contributed by atoms with Gasteiger partial charge in [0.2, 0.25) is 5.89 Å². The molecule has 4 aromatic heterocycles. The largest absolute Gasteiger partial charge is 0.456 e. The number of rotatable bonds is 6. The zero-order valence-corrected chi connectivity index (χ0v) is 29.8. The van der Waals surface area contributed by atoms with E-state index in [1.165, 1.54) is 10.8 Å². The first-order valence-corrected chi connectivity index (χ1v) is 18.4. The van der Waals surface area contributed by atoms with Gasteiger partial charge in [0.25, 0.3) is 0 Å². The number of oxazole rings is 1. The Morgan fingerprint density at radius 3 is 1.54 bits per heavy atom. The molecule has 4 heterocycles. The Morgan fingerprint density at radius 2 is 0.893 bits per heavy atom. The van der Waals surface area contributed by atoms with Crippen molar-refractivity contribution in [2.45, 2.75) is 0 Å². The lowest BCUT2D eigenvalue weighted by Crippen LogP contribution is -2.00. The van der Waals surface area contributed by atoms with E-state index >= 15 is 0 Å². The molecule has 0 radical (unpaired) electrons. The number of benzene rings is 7. The maximum atomic E-state index is 6.32. The van der Waals surface area contributed by atoms with Crippen LogP contribution >= 0.6 is 0 Å². The van der Waals surface area contributed by atoms with Gasteiger partial charge < -0.3 is 8.83 Å². The molecule has 0 spiro atoms. The van der Waals surface area contributed by atoms with Crippen LogP contribution in [0.4, 0.5) is 0 Å². The molecule has 0 atom stereocenters. The lowest BCUT2D eigenvalue weighted by atomic mass is 9.91. The minimum Gasteiger partial charge on any atom is -0.456 e. The highest BCUT2D eigenvalue weighted by atomic mass is 16.4. The van der Waals surface area contributed by atoms with Crippen LogP contribution in [0.1, 0.15) is 0 Å². The monoisotopic (exact) mass is 719 g/mol. The minimum atomic E-state index is 0.534. The minimum absolute atomic E-state index is 0.534. The van der Waals surface area contributed by atoms with Gasteiger partial charge in [-0.3, -0.25) is 4.98 Å². The van der Waals surface area contributed by atoms with Crippen LogP contribution in [-0.2, 0) is 0 Å². The number of hydrogen-bond donors (Lipinski definition) is 0. The predicted molar refractivity (Wildman–Crippen MR) is 223 cm³/mol. The summed E-state index contributed by atoms with van der Waals surface area (Å²) in [6, 6.07) is 55.8. The quantitative estimate of drug-likeness (QED) is 0.169. The second-order valence-electron chi connectivity index (χ2n) is 13.7. The van der Waals surface area contributed by atoms with Crippen LogP contribution in [0.25, 0.3) is 112 Å². The fourth-order valence-corrected chi connectivity index (χ4v) is 7.52. The van der Waals surface area contributed by atoms with Gasteiger partial charge in [-0.1, -0.05) is 127 Å². The number of aromatic nitrogens is 5. The number of fused-ring (bicyclic) bond motifs is 5. The lowest BCUT2D eigenvalue weighted by Gasteiger charge is -2.13. The van der Waals surface area contributed by atoms with Crippen LogP contribution in [-0.4, -0.2) is 24.9 Å². The summed E-state index contributed by atoms with van der Waals surface area (Å²) < 4.78 is 12.4. The zero-order valence-electron chi connectivity index (χ0n) is 29.8. The van der Waals surface area contributed by atoms with E-state index < -0.39 is 0 Å². The SMILES string of the molecule is c1ccc(-c2nc(-c3ccccc3)nc(-c3ccc(-c4ccc(-c5ccc6oc7cc8oc(-c9cccnc9)nc8cc7c6c5)c5ccccc45)cc3)n2)cc1. The molecule has 0 bridgehead atoms. The highest BCUT2D eigenvalue weighted by molar-refractivity contribution is 6.11. The van der Waals surface area contributed by atoms with E-state index in [0.717, 1.165) is 72.0 Å². The molecule has 0 unspecified atom stereocenters. The topological polar surface area (TPSA) is 90.7 Å². The Morgan fingerprint density at radius 1 is 0.339 bits per heavy atom. The first-order valence-electron chi connectivity index (χ1n) is 18.4. The van der Waals surface area contributed by atoms with Crippen LogP contribution in [0.5, 0.6) is 0 Å². The molecule has 7 aromatic carbocycles. The van der Waals surface area contributed by atoms with Crippen molar-refractivity contribution < 1.29 is 8.83 Å². The Kier molecular flexibility index (Phi) is 7.35. The average Bonchev–Trinajstić information content (AvgIpc) is 3.86. The average molecular weight is 720 g/mol. The Balaban J connectivity index is 0.966. The molecule has 0 amide bonds. The molecule has 0 aliphatic carbocycles. The van der Waals surface area contributed by atoms with Gasteiger partial charge in [-0.25, -0.2) is 19.9 Å². The summed E-state index contributed by atoms with van der Waals surface area (Å²) >= 11 is 0. The number of nitrogens with zero attached hydrogens (tertiary/aromatic N) is 5. The van der Waals surface area contributed by atoms with Crippen molar-refractivity contribution in [1.82, 2.24) is 24.9 Å². The molecule has 0 saturated carbocycles. The van der Waals surface area contributed by atoms with Gasteiger partial charge in [-0.15, -0.1) is 0 Å². The third kappa shape index (κ3) is 5.49. The summed E-state index contributed by atoms with van der Waals surface area (Å²) in [5.41, 5.74) is 11.2. The molecule has 7 heteroatoms. The molecular formula is C49H29N5O2. The van der Waals surface area contributed by atoms with E-state index in [-0.39, 0.29) is 0 Å². The number of hydrogen-bond acceptors (Lipinski definition) is 7. The molecule has 0 N–H and O–H groups in total. The Labute approximate surface area is 320 Å². The molecular weight excluding hydrogens is 691 g/mol. The lowest BCUT2D eigenvalue weighted by molar-refractivity contribution is 0.617. The molecule has 0 saturated heterocycles. The molecule has 56 heavy (non-hydrogen) atoms. The van der Waals surface area contributed by atoms with Gasteiger partial charge >= 0.3 is 0 Å². The third-order valence-electron chi connectivity index (χ3n) is 10.3. The highest BCUT2D eigenvalue weighted by Gasteiger charge is 2.17. The summed E-state index contributed by atoms with van der Waals surface area (Å²) in [4.78, 5) is 23.7. The van der Waals surface area contributed by atoms with Crippen LogP contribution in [0.15, 0.2) is 185 Å². The van der Waals surface area contributed by atoms with Gasteiger partial charge in [-0.2, -0.15) is 0 Å². The first-order chi connectivity index (χ1) is 27.7. The van der Waals surface area contributed by atoms with E-state index in [2.05, 4.69) is 89.9 Å². The Bertz CT molecular complexity index is 3170. The summed E-state index contributed by atoms with van der Waals surface area (Å²) in [6.07, 6.45) is 3.49. The molecule has 11 rings (SSSR count). The van der Waals surface area contributed by atoms with E-state index in [9.17, 15) is 0 Å². The van der Waals surface area contributed by atoms with E-state index in [0.29, 0.717) is 28.9 Å². The van der Waals surface area contributed by atoms with Crippen molar-refractivity contribution in [3.05, 3.63) is 176 Å². The van der Waals surface area contributed by atoms with Crippen LogP contribution in [0.3, 0.4) is 0 Å². The van der Waals surface area contributed by atoms with Crippen molar-refractivity contribution in [3.8, 4) is 67.9 Å². The Hall–Kier alpha value is -7.77. The summed E-state index contributed by atoms with van der Waals surface area (Å²) in [6.45, 7) is 0. The molecule has 0 aliphatic rings. The normalized spacial score (nSPS) is 11.6. The molecule has 0 fully saturated rings. The second kappa shape index (κ2) is 13.0. The van der Waals surface area contributed by atoms with Crippen molar-refractivity contribution in [2.75, 3.05) is 0 Å². The maximum absolute atomic E-state index is 6.32. The third-order valence-corrected chi connectivity index (χ3v) is 10.3. The summed E-state index contributed by atoms with van der Waals surface area (Å²) in [5.74, 6) is 2.45. The standard InChI is InChI=1S/C49H29N5O2/c1-3-10-31(11-4-1)46-52-47(32-12-5-2-6-13-32)54-48(53-46)33-19-17-30(18-20-33)36-22-23-37(39-16-8-7-15-38(36)39)34-21-24-43-40(26-34)41-27-42-45(28-44(41)55-43)56-49(51-42)35-14-9-25-50-29-35/h1-29H. The smallest absolute Gasteiger partial charge is 0.228 e. The predicted octanol–water partition coefficient (Wildman–Crippen LogP) is 12.5. The van der Waals surface area contributed by atoms with Crippen molar-refractivity contribution in [2.24, 2.45) is 0 Å². The van der Waals surface area contributed by atoms with E-state index in [1.54, 1.807) is 12.4 Å². The fourth-order valence-electron chi connectivity index (χ4n) is 7.52. The van der Waals surface area contributed by atoms with Crippen LogP contribution in [0.2, 0.25) is 0 Å². The molecule has 0 aliphatic heterocycles. The highest BCUT2D eigenvalue weighted by Crippen LogP contribution is 2.40.